The van der Waals surface area contributed by atoms with Gasteiger partial charge in [0, 0.05) is 55.2 Å². The Hall–Kier alpha value is -4.22. The van der Waals surface area contributed by atoms with Crippen molar-refractivity contribution >= 4 is 34.7 Å². The van der Waals surface area contributed by atoms with E-state index in [9.17, 15) is 4.79 Å². The first-order valence-electron chi connectivity index (χ1n) is 13.5. The molecule has 0 aliphatic carbocycles. The molecule has 208 valence electrons. The second-order valence-electron chi connectivity index (χ2n) is 9.31. The van der Waals surface area contributed by atoms with Crippen molar-refractivity contribution in [2.45, 2.75) is 17.8 Å². The standard InChI is InChI=1S/C30H29N7O2S2/c1-2-39-26-13-7-6-12-25(26)35-15-17-36(18-16-35)29(38)24-20-40-27(32-24)21-41-30-34-33-28(22-9-8-14-31-19-22)37(30)23-10-4-3-5-11-23/h3-14,19-20H,2,15-18,21H2,1H3. The first-order valence-corrected chi connectivity index (χ1v) is 15.3. The van der Waals surface area contributed by atoms with E-state index in [1.807, 2.05) is 82.4 Å². The molecule has 1 aliphatic rings. The van der Waals surface area contributed by atoms with Crippen molar-refractivity contribution in [1.29, 1.82) is 0 Å². The van der Waals surface area contributed by atoms with Gasteiger partial charge in [-0.2, -0.15) is 0 Å². The first-order chi connectivity index (χ1) is 20.2. The zero-order chi connectivity index (χ0) is 28.0. The molecule has 0 saturated carbocycles. The van der Waals surface area contributed by atoms with Crippen molar-refractivity contribution in [1.82, 2.24) is 29.6 Å². The zero-order valence-electron chi connectivity index (χ0n) is 22.6. The van der Waals surface area contributed by atoms with E-state index in [1.165, 1.54) is 11.3 Å². The number of nitrogens with zero attached hydrogens (tertiary/aromatic N) is 7. The molecule has 6 rings (SSSR count). The number of carbonyl (C=O) groups is 1. The third-order valence-corrected chi connectivity index (χ3v) is 8.71. The van der Waals surface area contributed by atoms with E-state index in [-0.39, 0.29) is 5.91 Å². The summed E-state index contributed by atoms with van der Waals surface area (Å²) in [5, 5.41) is 12.4. The van der Waals surface area contributed by atoms with Crippen LogP contribution in [0.2, 0.25) is 0 Å². The average Bonchev–Trinajstić information content (AvgIpc) is 3.69. The summed E-state index contributed by atoms with van der Waals surface area (Å²) in [4.78, 5) is 26.4. The number of ether oxygens (including phenoxy) is 1. The van der Waals surface area contributed by atoms with Crippen LogP contribution in [-0.4, -0.2) is 68.3 Å². The maximum Gasteiger partial charge on any atom is 0.273 e. The number of hydrogen-bond donors (Lipinski definition) is 0. The maximum absolute atomic E-state index is 13.3. The van der Waals surface area contributed by atoms with Gasteiger partial charge in [-0.25, -0.2) is 4.98 Å². The van der Waals surface area contributed by atoms with E-state index < -0.39 is 0 Å². The van der Waals surface area contributed by atoms with Gasteiger partial charge in [0.1, 0.15) is 16.5 Å². The van der Waals surface area contributed by atoms with Crippen LogP contribution in [0.25, 0.3) is 17.1 Å². The SMILES string of the molecule is CCOc1ccccc1N1CCN(C(=O)c2csc(CSc3nnc(-c4cccnc4)n3-c3ccccc3)n2)CC1. The molecule has 9 nitrogen and oxygen atoms in total. The van der Waals surface area contributed by atoms with E-state index >= 15 is 0 Å². The van der Waals surface area contributed by atoms with E-state index in [0.29, 0.717) is 31.1 Å². The van der Waals surface area contributed by atoms with Crippen LogP contribution >= 0.6 is 23.1 Å². The third-order valence-electron chi connectivity index (χ3n) is 6.74. The topological polar surface area (TPSA) is 89.3 Å². The molecule has 0 radical (unpaired) electrons. The number of thiazole rings is 1. The highest BCUT2D eigenvalue weighted by molar-refractivity contribution is 7.98. The predicted molar refractivity (Wildman–Crippen MR) is 162 cm³/mol. The van der Waals surface area contributed by atoms with Gasteiger partial charge >= 0.3 is 0 Å². The van der Waals surface area contributed by atoms with Crippen LogP contribution in [-0.2, 0) is 5.75 Å². The lowest BCUT2D eigenvalue weighted by atomic mass is 10.2. The number of anilines is 1. The largest absolute Gasteiger partial charge is 0.492 e. The minimum Gasteiger partial charge on any atom is -0.492 e. The number of para-hydroxylation sites is 3. The van der Waals surface area contributed by atoms with Crippen molar-refractivity contribution in [2.24, 2.45) is 0 Å². The number of carbonyl (C=O) groups excluding carboxylic acids is 1. The highest BCUT2D eigenvalue weighted by atomic mass is 32.2. The Balaban J connectivity index is 1.12. The minimum atomic E-state index is -0.0263. The average molecular weight is 584 g/mol. The molecule has 0 spiro atoms. The summed E-state index contributed by atoms with van der Waals surface area (Å²) in [6.45, 7) is 5.38. The molecule has 1 fully saturated rings. The highest BCUT2D eigenvalue weighted by Gasteiger charge is 2.25. The maximum atomic E-state index is 13.3. The fourth-order valence-electron chi connectivity index (χ4n) is 4.77. The molecule has 5 aromatic rings. The van der Waals surface area contributed by atoms with Gasteiger partial charge in [0.2, 0.25) is 0 Å². The van der Waals surface area contributed by atoms with Gasteiger partial charge in [0.05, 0.1) is 18.0 Å². The van der Waals surface area contributed by atoms with E-state index in [4.69, 9.17) is 4.74 Å². The second-order valence-corrected chi connectivity index (χ2v) is 11.2. The van der Waals surface area contributed by atoms with Crippen LogP contribution in [0, 0.1) is 0 Å². The first kappa shape index (κ1) is 27.0. The van der Waals surface area contributed by atoms with Crippen molar-refractivity contribution < 1.29 is 9.53 Å². The number of amides is 1. The van der Waals surface area contributed by atoms with Crippen LogP contribution < -0.4 is 9.64 Å². The summed E-state index contributed by atoms with van der Waals surface area (Å²) in [7, 11) is 0. The van der Waals surface area contributed by atoms with Crippen LogP contribution in [0.3, 0.4) is 0 Å². The Labute approximate surface area is 246 Å². The molecule has 11 heteroatoms. The summed E-state index contributed by atoms with van der Waals surface area (Å²) in [6.07, 6.45) is 3.53. The summed E-state index contributed by atoms with van der Waals surface area (Å²) < 4.78 is 7.83. The van der Waals surface area contributed by atoms with Crippen molar-refractivity contribution in [2.75, 3.05) is 37.7 Å². The Kier molecular flexibility index (Phi) is 8.24. The van der Waals surface area contributed by atoms with E-state index in [2.05, 4.69) is 31.1 Å². The van der Waals surface area contributed by atoms with Gasteiger partial charge in [-0.1, -0.05) is 42.1 Å². The van der Waals surface area contributed by atoms with Crippen molar-refractivity contribution in [3.8, 4) is 22.8 Å². The van der Waals surface area contributed by atoms with E-state index in [1.54, 1.807) is 24.2 Å². The molecule has 0 atom stereocenters. The number of aromatic nitrogens is 5. The Morgan fingerprint density at radius 2 is 1.78 bits per heavy atom. The summed E-state index contributed by atoms with van der Waals surface area (Å²) in [5.74, 6) is 2.16. The van der Waals surface area contributed by atoms with Gasteiger partial charge in [-0.3, -0.25) is 14.3 Å². The number of piperazine rings is 1. The fourth-order valence-corrected chi connectivity index (χ4v) is 6.50. The van der Waals surface area contributed by atoms with Crippen LogP contribution in [0.5, 0.6) is 5.75 Å². The molecule has 0 unspecified atom stereocenters. The smallest absolute Gasteiger partial charge is 0.273 e. The lowest BCUT2D eigenvalue weighted by Gasteiger charge is -2.36. The number of hydrogen-bond acceptors (Lipinski definition) is 9. The molecular weight excluding hydrogens is 555 g/mol. The Morgan fingerprint density at radius 3 is 2.56 bits per heavy atom. The lowest BCUT2D eigenvalue weighted by Crippen LogP contribution is -2.49. The Bertz CT molecular complexity index is 1600. The summed E-state index contributed by atoms with van der Waals surface area (Å²) in [5.41, 5.74) is 3.43. The highest BCUT2D eigenvalue weighted by Crippen LogP contribution is 2.31. The molecular formula is C30H29N7O2S2. The number of rotatable bonds is 9. The van der Waals surface area contributed by atoms with Crippen LogP contribution in [0.15, 0.2) is 89.7 Å². The van der Waals surface area contributed by atoms with Gasteiger partial charge in [-0.05, 0) is 43.3 Å². The van der Waals surface area contributed by atoms with Crippen molar-refractivity contribution in [3.05, 3.63) is 95.2 Å². The van der Waals surface area contributed by atoms with Gasteiger partial charge in [0.15, 0.2) is 11.0 Å². The number of benzene rings is 2. The Morgan fingerprint density at radius 1 is 0.976 bits per heavy atom. The number of thioether (sulfide) groups is 1. The zero-order valence-corrected chi connectivity index (χ0v) is 24.2. The van der Waals surface area contributed by atoms with Gasteiger partial charge in [-0.15, -0.1) is 21.5 Å². The molecule has 2 aromatic carbocycles. The molecule has 0 bridgehead atoms. The third kappa shape index (κ3) is 5.96. The monoisotopic (exact) mass is 583 g/mol. The summed E-state index contributed by atoms with van der Waals surface area (Å²) in [6, 6.07) is 22.0. The summed E-state index contributed by atoms with van der Waals surface area (Å²) >= 11 is 3.04. The van der Waals surface area contributed by atoms with Crippen LogP contribution in [0.4, 0.5) is 5.69 Å². The van der Waals surface area contributed by atoms with Crippen LogP contribution in [0.1, 0.15) is 22.4 Å². The molecule has 0 N–H and O–H groups in total. The molecule has 1 saturated heterocycles. The molecule has 1 aliphatic heterocycles. The second kappa shape index (κ2) is 12.5. The molecule has 4 heterocycles. The quantitative estimate of drug-likeness (QED) is 0.212. The van der Waals surface area contributed by atoms with E-state index in [0.717, 1.165) is 51.8 Å². The lowest BCUT2D eigenvalue weighted by molar-refractivity contribution is 0.0741. The minimum absolute atomic E-state index is 0.0263. The fraction of sp³-hybridized carbons (Fsp3) is 0.233. The van der Waals surface area contributed by atoms with Gasteiger partial charge in [0.25, 0.3) is 5.91 Å². The number of pyridine rings is 1. The molecule has 41 heavy (non-hydrogen) atoms. The van der Waals surface area contributed by atoms with Gasteiger partial charge < -0.3 is 14.5 Å². The molecule has 3 aromatic heterocycles. The van der Waals surface area contributed by atoms with Crippen molar-refractivity contribution in [3.63, 3.8) is 0 Å². The molecule has 1 amide bonds. The normalized spacial score (nSPS) is 13.4. The predicted octanol–water partition coefficient (Wildman–Crippen LogP) is 5.44.